The number of hydrogen-bond acceptors (Lipinski definition) is 4. The molecule has 0 aliphatic rings. The second-order valence-corrected chi connectivity index (χ2v) is 11.5. The van der Waals surface area contributed by atoms with Gasteiger partial charge in [-0.25, -0.2) is 0 Å². The molecule has 1 unspecified atom stereocenters. The van der Waals surface area contributed by atoms with Crippen molar-refractivity contribution in [3.05, 3.63) is 109 Å². The molecule has 0 aliphatic heterocycles. The molecule has 0 saturated carbocycles. The number of aliphatic hydroxyl groups is 1. The number of rotatable bonds is 32. The lowest BCUT2D eigenvalue weighted by atomic mass is 10.1. The van der Waals surface area contributed by atoms with Gasteiger partial charge in [-0.05, 0) is 89.9 Å². The summed E-state index contributed by atoms with van der Waals surface area (Å²) in [6, 6.07) is 0. The van der Waals surface area contributed by atoms with Crippen LogP contribution in [0.2, 0.25) is 0 Å². The van der Waals surface area contributed by atoms with Crippen molar-refractivity contribution in [1.82, 2.24) is 0 Å². The van der Waals surface area contributed by atoms with Crippen molar-refractivity contribution in [2.75, 3.05) is 19.8 Å². The molecule has 0 saturated heterocycles. The Hall–Kier alpha value is -2.95. The van der Waals surface area contributed by atoms with E-state index in [2.05, 4.69) is 123 Å². The maximum atomic E-state index is 12.1. The summed E-state index contributed by atoms with van der Waals surface area (Å²) in [5.41, 5.74) is 0. The Kier molecular flexibility index (Phi) is 36.8. The van der Waals surface area contributed by atoms with Crippen LogP contribution in [-0.4, -0.2) is 37.0 Å². The molecule has 0 amide bonds. The van der Waals surface area contributed by atoms with Gasteiger partial charge in [0.15, 0.2) is 0 Å². The van der Waals surface area contributed by atoms with E-state index in [0.29, 0.717) is 13.0 Å². The van der Waals surface area contributed by atoms with Gasteiger partial charge < -0.3 is 14.6 Å². The molecule has 0 bridgehead atoms. The molecule has 4 nitrogen and oxygen atoms in total. The number of carbonyl (C=O) groups is 1. The zero-order valence-corrected chi connectivity index (χ0v) is 30.0. The van der Waals surface area contributed by atoms with E-state index in [9.17, 15) is 9.90 Å². The molecular weight excluding hydrogens is 580 g/mol. The van der Waals surface area contributed by atoms with Crippen molar-refractivity contribution in [1.29, 1.82) is 0 Å². The third-order valence-electron chi connectivity index (χ3n) is 7.09. The SMILES string of the molecule is CC/C=C\C/C=C\C/C=C\C/C=C\C/C=C\CCCC(=O)OC(CO)COCCCCCCC/C=C\C/C=C\C/C=C\C/C=C\CC. The van der Waals surface area contributed by atoms with Crippen LogP contribution in [0.25, 0.3) is 0 Å². The van der Waals surface area contributed by atoms with Crippen LogP contribution in [0.3, 0.4) is 0 Å². The normalized spacial score (nSPS) is 13.7. The molecule has 1 N–H and O–H groups in total. The van der Waals surface area contributed by atoms with Gasteiger partial charge in [-0.3, -0.25) is 4.79 Å². The van der Waals surface area contributed by atoms with Gasteiger partial charge >= 0.3 is 5.97 Å². The minimum atomic E-state index is -0.581. The smallest absolute Gasteiger partial charge is 0.306 e. The molecule has 0 spiro atoms. The van der Waals surface area contributed by atoms with Crippen molar-refractivity contribution in [3.63, 3.8) is 0 Å². The van der Waals surface area contributed by atoms with E-state index in [0.717, 1.165) is 89.9 Å². The van der Waals surface area contributed by atoms with Crippen LogP contribution < -0.4 is 0 Å². The van der Waals surface area contributed by atoms with Crippen LogP contribution in [0.4, 0.5) is 0 Å². The average molecular weight is 649 g/mol. The summed E-state index contributed by atoms with van der Waals surface area (Å²) in [7, 11) is 0. The highest BCUT2D eigenvalue weighted by Gasteiger charge is 2.13. The van der Waals surface area contributed by atoms with Crippen molar-refractivity contribution in [3.8, 4) is 0 Å². The molecule has 4 heteroatoms. The highest BCUT2D eigenvalue weighted by molar-refractivity contribution is 5.69. The van der Waals surface area contributed by atoms with E-state index in [1.807, 2.05) is 0 Å². The van der Waals surface area contributed by atoms with Gasteiger partial charge in [0.2, 0.25) is 0 Å². The Labute approximate surface area is 289 Å². The van der Waals surface area contributed by atoms with Gasteiger partial charge in [-0.2, -0.15) is 0 Å². The molecule has 1 atom stereocenters. The fourth-order valence-corrected chi connectivity index (χ4v) is 4.41. The Morgan fingerprint density at radius 2 is 0.894 bits per heavy atom. The van der Waals surface area contributed by atoms with Gasteiger partial charge in [0.05, 0.1) is 13.2 Å². The fourth-order valence-electron chi connectivity index (χ4n) is 4.41. The molecule has 0 heterocycles. The van der Waals surface area contributed by atoms with E-state index >= 15 is 0 Å². The number of hydrogen-bond donors (Lipinski definition) is 1. The molecular formula is C43H68O4. The number of aliphatic hydroxyl groups excluding tert-OH is 1. The van der Waals surface area contributed by atoms with Gasteiger partial charge in [-0.15, -0.1) is 0 Å². The summed E-state index contributed by atoms with van der Waals surface area (Å²) in [6.45, 7) is 4.98. The van der Waals surface area contributed by atoms with Crippen molar-refractivity contribution >= 4 is 5.97 Å². The number of unbranched alkanes of at least 4 members (excludes halogenated alkanes) is 6. The summed E-state index contributed by atoms with van der Waals surface area (Å²) in [5, 5.41) is 9.56. The first-order valence-electron chi connectivity index (χ1n) is 18.5. The predicted octanol–water partition coefficient (Wildman–Crippen LogP) is 12.0. The zero-order chi connectivity index (χ0) is 34.1. The third kappa shape index (κ3) is 37.4. The summed E-state index contributed by atoms with van der Waals surface area (Å²) in [5.74, 6) is -0.270. The first-order valence-corrected chi connectivity index (χ1v) is 18.5. The Balaban J connectivity index is 3.65. The number of ether oxygens (including phenoxy) is 2. The minimum Gasteiger partial charge on any atom is -0.457 e. The summed E-state index contributed by atoms with van der Waals surface area (Å²) in [6.07, 6.45) is 57.0. The first kappa shape index (κ1) is 44.1. The van der Waals surface area contributed by atoms with Crippen LogP contribution in [-0.2, 0) is 14.3 Å². The van der Waals surface area contributed by atoms with E-state index < -0.39 is 6.10 Å². The summed E-state index contributed by atoms with van der Waals surface area (Å²) >= 11 is 0. The summed E-state index contributed by atoms with van der Waals surface area (Å²) in [4.78, 5) is 12.1. The van der Waals surface area contributed by atoms with E-state index in [1.54, 1.807) is 0 Å². The Bertz CT molecular complexity index is 945. The lowest BCUT2D eigenvalue weighted by Gasteiger charge is -2.15. The lowest BCUT2D eigenvalue weighted by Crippen LogP contribution is -2.27. The molecule has 0 fully saturated rings. The van der Waals surface area contributed by atoms with E-state index in [-0.39, 0.29) is 19.2 Å². The number of allylic oxidation sites excluding steroid dienone is 18. The van der Waals surface area contributed by atoms with E-state index in [4.69, 9.17) is 9.47 Å². The predicted molar refractivity (Wildman–Crippen MR) is 204 cm³/mol. The molecule has 0 aliphatic carbocycles. The Morgan fingerprint density at radius 3 is 1.34 bits per heavy atom. The highest BCUT2D eigenvalue weighted by Crippen LogP contribution is 2.08. The van der Waals surface area contributed by atoms with Crippen LogP contribution in [0, 0.1) is 0 Å². The molecule has 264 valence electrons. The molecule has 0 rings (SSSR count). The first-order chi connectivity index (χ1) is 23.2. The highest BCUT2D eigenvalue weighted by atomic mass is 16.6. The van der Waals surface area contributed by atoms with Gasteiger partial charge in [0, 0.05) is 13.0 Å². The minimum absolute atomic E-state index is 0.211. The lowest BCUT2D eigenvalue weighted by molar-refractivity contribution is -0.154. The molecule has 0 aromatic carbocycles. The maximum absolute atomic E-state index is 12.1. The van der Waals surface area contributed by atoms with Crippen LogP contribution in [0.1, 0.15) is 129 Å². The average Bonchev–Trinajstić information content (AvgIpc) is 3.08. The second-order valence-electron chi connectivity index (χ2n) is 11.5. The number of carbonyl (C=O) groups excluding carboxylic acids is 1. The molecule has 47 heavy (non-hydrogen) atoms. The van der Waals surface area contributed by atoms with Crippen molar-refractivity contribution in [2.24, 2.45) is 0 Å². The van der Waals surface area contributed by atoms with Gasteiger partial charge in [-0.1, -0.05) is 142 Å². The summed E-state index contributed by atoms with van der Waals surface area (Å²) < 4.78 is 11.1. The largest absolute Gasteiger partial charge is 0.457 e. The Morgan fingerprint density at radius 1 is 0.511 bits per heavy atom. The van der Waals surface area contributed by atoms with Gasteiger partial charge in [0.25, 0.3) is 0 Å². The van der Waals surface area contributed by atoms with Crippen molar-refractivity contribution < 1.29 is 19.4 Å². The molecule has 0 aromatic heterocycles. The quantitative estimate of drug-likeness (QED) is 0.0448. The molecule has 0 radical (unpaired) electrons. The standard InChI is InChI=1S/C43H68O4/c1-3-5-7-9-11-13-15-17-19-21-23-25-27-29-31-33-35-37-39-46-41-42(40-44)47-43(45)38-36-34-32-30-28-26-24-22-20-18-16-14-12-10-8-6-4-2/h5-8,11-14,17-20,23-26,30,32,42,44H,3-4,9-10,15-16,21-22,27-29,31,33-41H2,1-2H3/b7-5-,8-6-,13-11-,14-12-,19-17-,20-18-,25-23-,26-24-,32-30-. The van der Waals surface area contributed by atoms with Crippen LogP contribution in [0.5, 0.6) is 0 Å². The fraction of sp³-hybridized carbons (Fsp3) is 0.558. The topological polar surface area (TPSA) is 55.8 Å². The zero-order valence-electron chi connectivity index (χ0n) is 30.0. The maximum Gasteiger partial charge on any atom is 0.306 e. The van der Waals surface area contributed by atoms with Crippen LogP contribution >= 0.6 is 0 Å². The monoisotopic (exact) mass is 649 g/mol. The van der Waals surface area contributed by atoms with E-state index in [1.165, 1.54) is 19.3 Å². The van der Waals surface area contributed by atoms with Crippen molar-refractivity contribution in [2.45, 2.75) is 136 Å². The third-order valence-corrected chi connectivity index (χ3v) is 7.09. The van der Waals surface area contributed by atoms with Crippen LogP contribution in [0.15, 0.2) is 109 Å². The molecule has 0 aromatic rings. The van der Waals surface area contributed by atoms with Gasteiger partial charge in [0.1, 0.15) is 6.10 Å². The number of esters is 1. The second kappa shape index (κ2) is 39.2.